The van der Waals surface area contributed by atoms with Crippen molar-refractivity contribution in [2.45, 2.75) is 59.4 Å². The predicted molar refractivity (Wildman–Crippen MR) is 146 cm³/mol. The Balaban J connectivity index is 1.46. The highest BCUT2D eigenvalue weighted by Gasteiger charge is 2.40. The molecule has 0 spiro atoms. The number of fused-ring (bicyclic) bond motifs is 1. The van der Waals surface area contributed by atoms with Crippen molar-refractivity contribution in [2.75, 3.05) is 19.6 Å². The average Bonchev–Trinajstić information content (AvgIpc) is 3.47. The van der Waals surface area contributed by atoms with E-state index in [-0.39, 0.29) is 17.2 Å². The lowest BCUT2D eigenvalue weighted by molar-refractivity contribution is 0.0163. The summed E-state index contributed by atoms with van der Waals surface area (Å²) in [7, 11) is 0. The van der Waals surface area contributed by atoms with E-state index in [0.29, 0.717) is 36.7 Å². The Bertz CT molecular complexity index is 1540. The van der Waals surface area contributed by atoms with Gasteiger partial charge in [0.05, 0.1) is 23.1 Å². The minimum absolute atomic E-state index is 0.110. The maximum atomic E-state index is 13.8. The van der Waals surface area contributed by atoms with E-state index in [4.69, 9.17) is 10.1 Å². The summed E-state index contributed by atoms with van der Waals surface area (Å²) in [5.74, 6) is -0.275. The second-order valence-electron chi connectivity index (χ2n) is 11.9. The molecule has 1 N–H and O–H groups in total. The molecule has 4 aromatic rings. The Morgan fingerprint density at radius 3 is 2.42 bits per heavy atom. The van der Waals surface area contributed by atoms with Gasteiger partial charge in [-0.25, -0.2) is 9.50 Å². The SMILES string of the molecule is Cc1cccc(-c2cc(C(C)(C)C)c3nc(C(=O)N4CCN(C(=O)c5cc(C)n[nH]5)CC4(C)C)cn3n2)c1. The molecule has 0 unspecified atom stereocenters. The topological polar surface area (TPSA) is 99.5 Å². The molecule has 0 saturated carbocycles. The Morgan fingerprint density at radius 1 is 1.03 bits per heavy atom. The number of aromatic amines is 1. The van der Waals surface area contributed by atoms with Crippen LogP contribution in [-0.2, 0) is 5.41 Å². The van der Waals surface area contributed by atoms with Crippen LogP contribution in [-0.4, -0.2) is 71.6 Å². The first-order valence-electron chi connectivity index (χ1n) is 12.9. The third-order valence-electron chi connectivity index (χ3n) is 7.14. The first kappa shape index (κ1) is 25.6. The molecule has 5 rings (SSSR count). The van der Waals surface area contributed by atoms with Crippen LogP contribution in [0.2, 0.25) is 0 Å². The molecule has 0 bridgehead atoms. The average molecular weight is 514 g/mol. The summed E-state index contributed by atoms with van der Waals surface area (Å²) in [6.07, 6.45) is 1.73. The third kappa shape index (κ3) is 4.68. The number of hydrogen-bond donors (Lipinski definition) is 1. The van der Waals surface area contributed by atoms with E-state index in [9.17, 15) is 9.59 Å². The summed E-state index contributed by atoms with van der Waals surface area (Å²) in [5.41, 5.74) is 5.51. The van der Waals surface area contributed by atoms with Gasteiger partial charge in [0.15, 0.2) is 5.65 Å². The summed E-state index contributed by atoms with van der Waals surface area (Å²) in [6.45, 7) is 15.5. The molecule has 0 aliphatic carbocycles. The minimum atomic E-state index is -0.580. The quantitative estimate of drug-likeness (QED) is 0.437. The largest absolute Gasteiger partial charge is 0.333 e. The van der Waals surface area contributed by atoms with Crippen LogP contribution in [0.1, 0.15) is 72.4 Å². The fourth-order valence-electron chi connectivity index (χ4n) is 5.12. The zero-order valence-electron chi connectivity index (χ0n) is 23.2. The van der Waals surface area contributed by atoms with E-state index < -0.39 is 5.54 Å². The lowest BCUT2D eigenvalue weighted by atomic mass is 9.87. The molecule has 0 radical (unpaired) electrons. The van der Waals surface area contributed by atoms with Gasteiger partial charge in [-0.1, -0.05) is 44.5 Å². The van der Waals surface area contributed by atoms with Crippen molar-refractivity contribution in [2.24, 2.45) is 0 Å². The number of amides is 2. The standard InChI is InChI=1S/C29H35N7O2/c1-18-9-8-10-20(13-18)22-15-21(28(3,4)5)25-30-24(16-36(25)33-22)27(38)35-12-11-34(17-29(35,6)7)26(37)23-14-19(2)31-32-23/h8-10,13-16H,11-12,17H2,1-7H3,(H,31,32). The normalized spacial score (nSPS) is 15.8. The fourth-order valence-corrected chi connectivity index (χ4v) is 5.12. The number of benzene rings is 1. The first-order chi connectivity index (χ1) is 17.8. The van der Waals surface area contributed by atoms with Crippen LogP contribution in [0.25, 0.3) is 16.9 Å². The van der Waals surface area contributed by atoms with Crippen LogP contribution in [0.3, 0.4) is 0 Å². The van der Waals surface area contributed by atoms with E-state index in [1.165, 1.54) is 0 Å². The van der Waals surface area contributed by atoms with Crippen LogP contribution in [0.4, 0.5) is 0 Å². The first-order valence-corrected chi connectivity index (χ1v) is 12.9. The van der Waals surface area contributed by atoms with Gasteiger partial charge in [-0.2, -0.15) is 10.2 Å². The number of piperazine rings is 1. The van der Waals surface area contributed by atoms with Gasteiger partial charge in [-0.15, -0.1) is 0 Å². The van der Waals surface area contributed by atoms with Crippen molar-refractivity contribution in [3.05, 3.63) is 70.8 Å². The molecule has 1 aromatic carbocycles. The van der Waals surface area contributed by atoms with Gasteiger partial charge < -0.3 is 9.80 Å². The zero-order chi connectivity index (χ0) is 27.4. The molecule has 9 heteroatoms. The Morgan fingerprint density at radius 2 is 1.79 bits per heavy atom. The fraction of sp³-hybridized carbons (Fsp3) is 0.414. The minimum Gasteiger partial charge on any atom is -0.333 e. The van der Waals surface area contributed by atoms with Crippen LogP contribution in [0, 0.1) is 13.8 Å². The molecule has 9 nitrogen and oxygen atoms in total. The van der Waals surface area contributed by atoms with E-state index in [2.05, 4.69) is 56.1 Å². The number of carbonyl (C=O) groups excluding carboxylic acids is 2. The summed E-state index contributed by atoms with van der Waals surface area (Å²) in [5, 5.41) is 11.7. The maximum absolute atomic E-state index is 13.8. The number of rotatable bonds is 3. The van der Waals surface area contributed by atoms with Gasteiger partial charge in [0.25, 0.3) is 11.8 Å². The predicted octanol–water partition coefficient (Wildman–Crippen LogP) is 4.41. The van der Waals surface area contributed by atoms with Crippen molar-refractivity contribution in [1.82, 2.24) is 34.6 Å². The Kier molecular flexibility index (Phi) is 6.12. The highest BCUT2D eigenvalue weighted by atomic mass is 16.2. The molecule has 1 saturated heterocycles. The second kappa shape index (κ2) is 9.08. The van der Waals surface area contributed by atoms with Gasteiger partial charge in [0, 0.05) is 30.8 Å². The molecule has 4 heterocycles. The Labute approximate surface area is 222 Å². The molecule has 0 atom stereocenters. The summed E-state index contributed by atoms with van der Waals surface area (Å²) >= 11 is 0. The molecule has 3 aromatic heterocycles. The monoisotopic (exact) mass is 513 g/mol. The molecule has 1 aliphatic heterocycles. The van der Waals surface area contributed by atoms with Gasteiger partial charge in [-0.3, -0.25) is 14.7 Å². The molecular weight excluding hydrogens is 478 g/mol. The summed E-state index contributed by atoms with van der Waals surface area (Å²) < 4.78 is 1.73. The molecule has 1 fully saturated rings. The summed E-state index contributed by atoms with van der Waals surface area (Å²) in [4.78, 5) is 35.2. The number of imidazole rings is 1. The van der Waals surface area contributed by atoms with Crippen molar-refractivity contribution in [3.63, 3.8) is 0 Å². The van der Waals surface area contributed by atoms with Crippen molar-refractivity contribution in [3.8, 4) is 11.3 Å². The smallest absolute Gasteiger partial charge is 0.274 e. The van der Waals surface area contributed by atoms with Crippen molar-refractivity contribution < 1.29 is 9.59 Å². The van der Waals surface area contributed by atoms with Crippen molar-refractivity contribution >= 4 is 17.5 Å². The Hall–Kier alpha value is -4.01. The van der Waals surface area contributed by atoms with Crippen LogP contribution < -0.4 is 0 Å². The number of carbonyl (C=O) groups is 2. The van der Waals surface area contributed by atoms with Gasteiger partial charge in [0.1, 0.15) is 11.4 Å². The lowest BCUT2D eigenvalue weighted by Gasteiger charge is -2.46. The number of aromatic nitrogens is 5. The molecular formula is C29H35N7O2. The van der Waals surface area contributed by atoms with E-state index in [1.54, 1.807) is 21.7 Å². The summed E-state index contributed by atoms with van der Waals surface area (Å²) in [6, 6.07) is 12.1. The number of nitrogens with one attached hydrogen (secondary N) is 1. The van der Waals surface area contributed by atoms with Gasteiger partial charge in [-0.05, 0) is 51.3 Å². The van der Waals surface area contributed by atoms with Crippen LogP contribution >= 0.6 is 0 Å². The number of aryl methyl sites for hydroxylation is 2. The maximum Gasteiger partial charge on any atom is 0.274 e. The highest BCUT2D eigenvalue weighted by Crippen LogP contribution is 2.31. The second-order valence-corrected chi connectivity index (χ2v) is 11.9. The molecule has 1 aliphatic rings. The zero-order valence-corrected chi connectivity index (χ0v) is 23.2. The van der Waals surface area contributed by atoms with Gasteiger partial charge >= 0.3 is 0 Å². The van der Waals surface area contributed by atoms with E-state index >= 15 is 0 Å². The molecule has 198 valence electrons. The third-order valence-corrected chi connectivity index (χ3v) is 7.14. The van der Waals surface area contributed by atoms with Crippen LogP contribution in [0.5, 0.6) is 0 Å². The van der Waals surface area contributed by atoms with E-state index in [1.807, 2.05) is 37.8 Å². The number of hydrogen-bond acceptors (Lipinski definition) is 5. The number of nitrogens with zero attached hydrogens (tertiary/aromatic N) is 6. The molecule has 38 heavy (non-hydrogen) atoms. The number of H-pyrrole nitrogens is 1. The molecule has 2 amide bonds. The van der Waals surface area contributed by atoms with Crippen molar-refractivity contribution in [1.29, 1.82) is 0 Å². The lowest BCUT2D eigenvalue weighted by Crippen LogP contribution is -2.62. The van der Waals surface area contributed by atoms with Gasteiger partial charge in [0.2, 0.25) is 0 Å². The highest BCUT2D eigenvalue weighted by molar-refractivity contribution is 5.95. The van der Waals surface area contributed by atoms with Crippen LogP contribution in [0.15, 0.2) is 42.6 Å². The van der Waals surface area contributed by atoms with E-state index in [0.717, 1.165) is 28.1 Å².